The van der Waals surface area contributed by atoms with Gasteiger partial charge in [-0.1, -0.05) is 90.9 Å². The largest absolute Gasteiger partial charge is 0.480 e. The van der Waals surface area contributed by atoms with E-state index in [0.717, 1.165) is 57.8 Å². The summed E-state index contributed by atoms with van der Waals surface area (Å²) in [5.74, 6) is -2.34. The lowest BCUT2D eigenvalue weighted by Gasteiger charge is -2.18. The number of nitrogens with one attached hydrogen (secondary N) is 2. The molecule has 0 rings (SSSR count). The second kappa shape index (κ2) is 26.1. The normalized spacial score (nSPS) is 12.5. The van der Waals surface area contributed by atoms with E-state index in [9.17, 15) is 19.2 Å². The van der Waals surface area contributed by atoms with Crippen LogP contribution in [0.1, 0.15) is 142 Å². The fourth-order valence-electron chi connectivity index (χ4n) is 4.42. The van der Waals surface area contributed by atoms with Crippen molar-refractivity contribution in [3.63, 3.8) is 0 Å². The summed E-state index contributed by atoms with van der Waals surface area (Å²) in [6.45, 7) is 3.36. The van der Waals surface area contributed by atoms with Gasteiger partial charge in [0.05, 0.1) is 13.2 Å². The smallest absolute Gasteiger partial charge is 0.328 e. The van der Waals surface area contributed by atoms with Crippen molar-refractivity contribution < 1.29 is 34.1 Å². The molecule has 0 aliphatic heterocycles. The summed E-state index contributed by atoms with van der Waals surface area (Å²) in [5.41, 5.74) is 0. The average molecular weight is 557 g/mol. The van der Waals surface area contributed by atoms with Crippen LogP contribution in [0.25, 0.3) is 0 Å². The maximum Gasteiger partial charge on any atom is 0.328 e. The molecule has 0 radical (unpaired) electrons. The molecular weight excluding hydrogens is 500 g/mol. The zero-order valence-corrected chi connectivity index (χ0v) is 24.6. The summed E-state index contributed by atoms with van der Waals surface area (Å²) in [4.78, 5) is 46.9. The number of carboxylic acid groups (broad SMARTS) is 1. The van der Waals surface area contributed by atoms with Crippen LogP contribution in [-0.4, -0.2) is 59.3 Å². The Balaban J connectivity index is 4.11. The van der Waals surface area contributed by atoms with Gasteiger partial charge >= 0.3 is 11.9 Å². The van der Waals surface area contributed by atoms with Crippen LogP contribution < -0.4 is 10.6 Å². The van der Waals surface area contributed by atoms with Crippen molar-refractivity contribution in [2.24, 2.45) is 0 Å². The van der Waals surface area contributed by atoms with Crippen molar-refractivity contribution in [1.82, 2.24) is 10.6 Å². The molecule has 0 aromatic rings. The second-order valence-electron chi connectivity index (χ2n) is 10.6. The van der Waals surface area contributed by atoms with E-state index in [4.69, 9.17) is 14.9 Å². The standard InChI is InChI=1S/C30H56N2O7/c1-3-5-7-9-10-11-12-18-22-29(36)39-25(19-15-8-6-4-2)20-16-13-14-17-21-27(34)31-23-28(35)32-26(24-33)30(37)38/h25-26,33H,3-24H2,1-2H3,(H,31,34)(H,32,35)(H,37,38). The number of rotatable bonds is 27. The maximum absolute atomic E-state index is 12.4. The van der Waals surface area contributed by atoms with Crippen molar-refractivity contribution >= 4 is 23.8 Å². The van der Waals surface area contributed by atoms with Gasteiger partial charge in [0.1, 0.15) is 12.1 Å². The first kappa shape index (κ1) is 36.8. The minimum absolute atomic E-state index is 0.0289. The molecular formula is C30H56N2O7. The molecule has 0 saturated carbocycles. The highest BCUT2D eigenvalue weighted by Crippen LogP contribution is 2.17. The summed E-state index contributed by atoms with van der Waals surface area (Å²) >= 11 is 0. The highest BCUT2D eigenvalue weighted by molar-refractivity contribution is 5.87. The van der Waals surface area contributed by atoms with Gasteiger partial charge in [-0.2, -0.15) is 0 Å². The highest BCUT2D eigenvalue weighted by atomic mass is 16.5. The van der Waals surface area contributed by atoms with E-state index in [1.54, 1.807) is 0 Å². The molecule has 0 aliphatic carbocycles. The van der Waals surface area contributed by atoms with Crippen LogP contribution >= 0.6 is 0 Å². The monoisotopic (exact) mass is 556 g/mol. The quantitative estimate of drug-likeness (QED) is 0.0782. The van der Waals surface area contributed by atoms with Crippen LogP contribution in [0, 0.1) is 0 Å². The Hall–Kier alpha value is -2.16. The van der Waals surface area contributed by atoms with E-state index in [-0.39, 0.29) is 30.9 Å². The molecule has 0 saturated heterocycles. The molecule has 4 N–H and O–H groups in total. The summed E-state index contributed by atoms with van der Waals surface area (Å²) in [6, 6.07) is -1.38. The minimum Gasteiger partial charge on any atom is -0.480 e. The number of aliphatic carboxylic acids is 1. The summed E-state index contributed by atoms with van der Waals surface area (Å²) < 4.78 is 5.85. The number of carbonyl (C=O) groups is 4. The van der Waals surface area contributed by atoms with Crippen molar-refractivity contribution in [1.29, 1.82) is 0 Å². The molecule has 0 aromatic carbocycles. The highest BCUT2D eigenvalue weighted by Gasteiger charge is 2.19. The zero-order valence-electron chi connectivity index (χ0n) is 24.6. The Kier molecular flexibility index (Phi) is 24.6. The number of carboxylic acids is 1. The SMILES string of the molecule is CCCCCCCCCCC(=O)OC(CCCCCC)CCCCCCC(=O)NCC(=O)NC(CO)C(=O)O. The predicted octanol–water partition coefficient (Wildman–Crippen LogP) is 5.42. The average Bonchev–Trinajstić information content (AvgIpc) is 2.91. The van der Waals surface area contributed by atoms with Gasteiger partial charge in [-0.05, 0) is 38.5 Å². The number of unbranched alkanes of at least 4 members (excludes halogenated alkanes) is 13. The summed E-state index contributed by atoms with van der Waals surface area (Å²) in [5, 5.41) is 22.4. The van der Waals surface area contributed by atoms with Crippen LogP contribution in [0.4, 0.5) is 0 Å². The van der Waals surface area contributed by atoms with Crippen molar-refractivity contribution in [3.05, 3.63) is 0 Å². The van der Waals surface area contributed by atoms with Crippen molar-refractivity contribution in [2.75, 3.05) is 13.2 Å². The first-order valence-corrected chi connectivity index (χ1v) is 15.4. The van der Waals surface area contributed by atoms with Crippen molar-refractivity contribution in [2.45, 2.75) is 154 Å². The van der Waals surface area contributed by atoms with Crippen LogP contribution in [0.5, 0.6) is 0 Å². The van der Waals surface area contributed by atoms with Gasteiger partial charge in [0, 0.05) is 12.8 Å². The number of carbonyl (C=O) groups excluding carboxylic acids is 3. The van der Waals surface area contributed by atoms with Gasteiger partial charge in [0.25, 0.3) is 0 Å². The minimum atomic E-state index is -1.38. The fourth-order valence-corrected chi connectivity index (χ4v) is 4.42. The van der Waals surface area contributed by atoms with Crippen LogP contribution in [0.15, 0.2) is 0 Å². The number of ether oxygens (including phenoxy) is 1. The molecule has 228 valence electrons. The molecule has 0 aromatic heterocycles. The molecule has 2 unspecified atom stereocenters. The third-order valence-corrected chi connectivity index (χ3v) is 6.85. The number of hydrogen-bond acceptors (Lipinski definition) is 6. The van der Waals surface area contributed by atoms with Gasteiger partial charge in [0.2, 0.25) is 11.8 Å². The van der Waals surface area contributed by atoms with E-state index in [1.165, 1.54) is 51.4 Å². The molecule has 0 spiro atoms. The van der Waals surface area contributed by atoms with E-state index in [1.807, 2.05) is 0 Å². The van der Waals surface area contributed by atoms with Gasteiger partial charge in [-0.15, -0.1) is 0 Å². The number of amides is 2. The Morgan fingerprint density at radius 3 is 1.69 bits per heavy atom. The molecule has 9 heteroatoms. The Morgan fingerprint density at radius 2 is 1.15 bits per heavy atom. The third-order valence-electron chi connectivity index (χ3n) is 6.85. The van der Waals surface area contributed by atoms with Gasteiger partial charge in [0.15, 0.2) is 0 Å². The first-order chi connectivity index (χ1) is 18.8. The zero-order chi connectivity index (χ0) is 29.1. The topological polar surface area (TPSA) is 142 Å². The first-order valence-electron chi connectivity index (χ1n) is 15.4. The van der Waals surface area contributed by atoms with Gasteiger partial charge in [-0.3, -0.25) is 14.4 Å². The number of aliphatic hydroxyl groups excluding tert-OH is 1. The fraction of sp³-hybridized carbons (Fsp3) is 0.867. The summed E-state index contributed by atoms with van der Waals surface area (Å²) in [7, 11) is 0. The van der Waals surface area contributed by atoms with Crippen LogP contribution in [0.2, 0.25) is 0 Å². The third kappa shape index (κ3) is 23.4. The number of hydrogen-bond donors (Lipinski definition) is 4. The summed E-state index contributed by atoms with van der Waals surface area (Å²) in [6.07, 6.45) is 20.1. The molecule has 0 bridgehead atoms. The number of aliphatic hydroxyl groups is 1. The van der Waals surface area contributed by atoms with E-state index < -0.39 is 24.5 Å². The maximum atomic E-state index is 12.4. The Labute approximate surface area is 236 Å². The Bertz CT molecular complexity index is 657. The van der Waals surface area contributed by atoms with E-state index >= 15 is 0 Å². The lowest BCUT2D eigenvalue weighted by molar-refractivity contribution is -0.150. The molecule has 2 atom stereocenters. The molecule has 39 heavy (non-hydrogen) atoms. The second-order valence-corrected chi connectivity index (χ2v) is 10.6. The lowest BCUT2D eigenvalue weighted by Crippen LogP contribution is -2.47. The van der Waals surface area contributed by atoms with Crippen LogP contribution in [0.3, 0.4) is 0 Å². The molecule has 0 heterocycles. The van der Waals surface area contributed by atoms with Gasteiger partial charge < -0.3 is 25.6 Å². The predicted molar refractivity (Wildman–Crippen MR) is 153 cm³/mol. The molecule has 0 aliphatic rings. The van der Waals surface area contributed by atoms with Crippen LogP contribution in [-0.2, 0) is 23.9 Å². The molecule has 9 nitrogen and oxygen atoms in total. The van der Waals surface area contributed by atoms with Crippen molar-refractivity contribution in [3.8, 4) is 0 Å². The van der Waals surface area contributed by atoms with Gasteiger partial charge in [-0.25, -0.2) is 4.79 Å². The van der Waals surface area contributed by atoms with E-state index in [0.29, 0.717) is 12.8 Å². The molecule has 0 fully saturated rings. The van der Waals surface area contributed by atoms with E-state index in [2.05, 4.69) is 24.5 Å². The number of esters is 1. The lowest BCUT2D eigenvalue weighted by atomic mass is 10.0. The Morgan fingerprint density at radius 1 is 0.667 bits per heavy atom. The molecule has 2 amide bonds.